The molecule has 0 bridgehead atoms. The van der Waals surface area contributed by atoms with E-state index in [0.29, 0.717) is 29.6 Å². The Hall–Kier alpha value is -4.72. The number of thiophene rings is 1. The second kappa shape index (κ2) is 14.6. The van der Waals surface area contributed by atoms with Crippen LogP contribution in [-0.4, -0.2) is 86.9 Å². The predicted octanol–water partition coefficient (Wildman–Crippen LogP) is 5.61. The molecule has 1 saturated heterocycles. The number of hydrazine groups is 1. The number of nitrogens with one attached hydrogen (secondary N) is 2. The van der Waals surface area contributed by atoms with Gasteiger partial charge in [0.05, 0.1) is 29.1 Å². The van der Waals surface area contributed by atoms with Crippen molar-refractivity contribution in [1.82, 2.24) is 30.6 Å². The van der Waals surface area contributed by atoms with Crippen molar-refractivity contribution in [2.75, 3.05) is 19.7 Å². The third kappa shape index (κ3) is 7.85. The van der Waals surface area contributed by atoms with Crippen molar-refractivity contribution in [3.63, 3.8) is 0 Å². The zero-order chi connectivity index (χ0) is 35.5. The number of hydrogen-bond acceptors (Lipinski definition) is 10. The Labute approximate surface area is 295 Å². The maximum absolute atomic E-state index is 14.4. The first-order chi connectivity index (χ1) is 24.0. The first-order valence-electron chi connectivity index (χ1n) is 17.2. The average molecular weight is 705 g/mol. The molecule has 2 aromatic heterocycles. The summed E-state index contributed by atoms with van der Waals surface area (Å²) in [5.74, 6) is -0.953. The Bertz CT molecular complexity index is 1760. The molecule has 4 atom stereocenters. The second-order valence-electron chi connectivity index (χ2n) is 13.8. The van der Waals surface area contributed by atoms with E-state index in [-0.39, 0.29) is 37.9 Å². The van der Waals surface area contributed by atoms with Crippen LogP contribution in [0.15, 0.2) is 53.9 Å². The lowest BCUT2D eigenvalue weighted by Gasteiger charge is -2.32. The van der Waals surface area contributed by atoms with Gasteiger partial charge in [0.25, 0.3) is 0 Å². The highest BCUT2D eigenvalue weighted by Gasteiger charge is 2.62. The topological polar surface area (TPSA) is 152 Å². The fourth-order valence-electron chi connectivity index (χ4n) is 6.39. The number of fused-ring (bicyclic) bond motifs is 3. The number of carbonyl (C=O) groups is 4. The number of para-hydroxylation sites is 2. The highest BCUT2D eigenvalue weighted by Crippen LogP contribution is 2.46. The van der Waals surface area contributed by atoms with Crippen LogP contribution in [0, 0.1) is 5.92 Å². The van der Waals surface area contributed by atoms with Gasteiger partial charge in [0.2, 0.25) is 11.8 Å². The van der Waals surface area contributed by atoms with Crippen molar-refractivity contribution in [2.24, 2.45) is 5.92 Å². The van der Waals surface area contributed by atoms with E-state index in [1.807, 2.05) is 53.9 Å². The van der Waals surface area contributed by atoms with Gasteiger partial charge in [-0.25, -0.2) is 34.8 Å². The van der Waals surface area contributed by atoms with Crippen LogP contribution in [0.4, 0.5) is 9.59 Å². The molecule has 0 unspecified atom stereocenters. The highest BCUT2D eigenvalue weighted by molar-refractivity contribution is 7.13. The molecule has 0 radical (unpaired) electrons. The molecule has 4 amide bonds. The Balaban J connectivity index is 1.33. The monoisotopic (exact) mass is 704 g/mol. The lowest BCUT2D eigenvalue weighted by atomic mass is 10.1. The van der Waals surface area contributed by atoms with Crippen LogP contribution in [0.25, 0.3) is 21.6 Å². The van der Waals surface area contributed by atoms with E-state index in [1.165, 1.54) is 21.2 Å². The smallest absolute Gasteiger partial charge is 0.426 e. The number of allylic oxidation sites excluding steroid dienone is 1. The summed E-state index contributed by atoms with van der Waals surface area (Å²) < 4.78 is 17.4. The van der Waals surface area contributed by atoms with Crippen LogP contribution in [0.2, 0.25) is 0 Å². The lowest BCUT2D eigenvalue weighted by Crippen LogP contribution is -2.58. The van der Waals surface area contributed by atoms with Crippen molar-refractivity contribution in [3.8, 4) is 16.5 Å². The quantitative estimate of drug-likeness (QED) is 0.246. The van der Waals surface area contributed by atoms with Crippen molar-refractivity contribution >= 4 is 46.4 Å². The average Bonchev–Trinajstić information content (AvgIpc) is 3.38. The molecule has 50 heavy (non-hydrogen) atoms. The van der Waals surface area contributed by atoms with Gasteiger partial charge in [-0.1, -0.05) is 36.8 Å². The molecule has 6 rings (SSSR count). The van der Waals surface area contributed by atoms with E-state index in [2.05, 4.69) is 10.7 Å². The van der Waals surface area contributed by atoms with Gasteiger partial charge in [-0.05, 0) is 77.0 Å². The Morgan fingerprint density at radius 1 is 1.08 bits per heavy atom. The van der Waals surface area contributed by atoms with E-state index in [9.17, 15) is 19.2 Å². The molecule has 1 aliphatic carbocycles. The van der Waals surface area contributed by atoms with E-state index in [4.69, 9.17) is 24.2 Å². The largest absolute Gasteiger partial charge is 0.471 e. The predicted molar refractivity (Wildman–Crippen MR) is 187 cm³/mol. The first kappa shape index (κ1) is 35.1. The fraction of sp³-hybridized carbons (Fsp3) is 0.500. The van der Waals surface area contributed by atoms with Crippen LogP contribution in [-0.2, 0) is 19.1 Å². The number of nitrogens with zero attached hydrogens (tertiary/aromatic N) is 4. The van der Waals surface area contributed by atoms with E-state index >= 15 is 0 Å². The number of urea groups is 1. The maximum Gasteiger partial charge on any atom is 0.426 e. The number of esters is 1. The van der Waals surface area contributed by atoms with Gasteiger partial charge < -0.3 is 24.4 Å². The van der Waals surface area contributed by atoms with Crippen LogP contribution in [0.5, 0.6) is 5.88 Å². The third-order valence-electron chi connectivity index (χ3n) is 8.86. The number of carbonyl (C=O) groups excluding carboxylic acids is 4. The Morgan fingerprint density at radius 2 is 1.86 bits per heavy atom. The molecule has 4 heterocycles. The molecule has 2 fully saturated rings. The number of rotatable bonds is 6. The molecule has 266 valence electrons. The SMILES string of the molecule is CCOC(=O)[C@@]12C[C@@H]1/C=C\CCCCCN(NC(=O)OC(C)(C)C)C(=O)N1C[C@H](Oc3nc4ccccc4nc3-c3cccs3)C[C@H]1C(=O)N2. The van der Waals surface area contributed by atoms with Gasteiger partial charge in [-0.15, -0.1) is 11.3 Å². The minimum absolute atomic E-state index is 0.0115. The molecule has 1 saturated carbocycles. The molecule has 14 heteroatoms. The summed E-state index contributed by atoms with van der Waals surface area (Å²) in [6.45, 7) is 7.32. The van der Waals surface area contributed by atoms with Gasteiger partial charge in [0, 0.05) is 18.9 Å². The molecule has 3 aliphatic rings. The summed E-state index contributed by atoms with van der Waals surface area (Å²) in [6.07, 6.45) is 6.07. The van der Waals surface area contributed by atoms with Crippen LogP contribution in [0.1, 0.15) is 66.2 Å². The van der Waals surface area contributed by atoms with Crippen LogP contribution >= 0.6 is 11.3 Å². The molecule has 0 spiro atoms. The first-order valence-corrected chi connectivity index (χ1v) is 18.1. The third-order valence-corrected chi connectivity index (χ3v) is 9.74. The van der Waals surface area contributed by atoms with Gasteiger partial charge in [-0.2, -0.15) is 0 Å². The summed E-state index contributed by atoms with van der Waals surface area (Å²) >= 11 is 1.50. The standard InChI is InChI=1S/C36H44N6O7S/c1-5-47-32(44)36-21-23(36)14-9-7-6-8-12-18-42(40-33(45)49-35(2,3)4)34(46)41-22-24(20-27(41)30(43)39-36)48-31-29(28-17-13-19-50-28)37-25-15-10-11-16-26(25)38-31/h9-11,13-17,19,23-24,27H,5-8,12,18,20-22H2,1-4H3,(H,39,43)(H,40,45)/b14-9-/t23-,24+,27-,36+/m0/s1. The van der Waals surface area contributed by atoms with Crippen molar-refractivity contribution < 1.29 is 33.4 Å². The van der Waals surface area contributed by atoms with Crippen LogP contribution in [0.3, 0.4) is 0 Å². The number of ether oxygens (including phenoxy) is 3. The maximum atomic E-state index is 14.4. The molecular weight excluding hydrogens is 660 g/mol. The minimum atomic E-state index is -1.22. The van der Waals surface area contributed by atoms with Crippen molar-refractivity contribution in [3.05, 3.63) is 53.9 Å². The molecule has 2 N–H and O–H groups in total. The number of aromatic nitrogens is 2. The Kier molecular flexibility index (Phi) is 10.3. The Morgan fingerprint density at radius 3 is 2.58 bits per heavy atom. The van der Waals surface area contributed by atoms with Gasteiger partial charge in [0.1, 0.15) is 29.0 Å². The lowest BCUT2D eigenvalue weighted by molar-refractivity contribution is -0.149. The van der Waals surface area contributed by atoms with Gasteiger partial charge in [0.15, 0.2) is 0 Å². The molecule has 13 nitrogen and oxygen atoms in total. The zero-order valence-electron chi connectivity index (χ0n) is 28.8. The van der Waals surface area contributed by atoms with E-state index in [1.54, 1.807) is 27.7 Å². The highest BCUT2D eigenvalue weighted by atomic mass is 32.1. The van der Waals surface area contributed by atoms with E-state index < -0.39 is 47.3 Å². The summed E-state index contributed by atoms with van der Waals surface area (Å²) in [6, 6.07) is 9.72. The number of amides is 4. The fourth-order valence-corrected chi connectivity index (χ4v) is 7.09. The molecule has 1 aromatic carbocycles. The zero-order valence-corrected chi connectivity index (χ0v) is 29.7. The molecule has 3 aromatic rings. The number of hydrogen-bond donors (Lipinski definition) is 2. The van der Waals surface area contributed by atoms with E-state index in [0.717, 1.165) is 24.1 Å². The normalized spacial score (nSPS) is 25.0. The van der Waals surface area contributed by atoms with Crippen LogP contribution < -0.4 is 15.5 Å². The summed E-state index contributed by atoms with van der Waals surface area (Å²) in [4.78, 5) is 66.6. The molecular formula is C36H44N6O7S. The van der Waals surface area contributed by atoms with Gasteiger partial charge in [-0.3, -0.25) is 4.79 Å². The molecule has 2 aliphatic heterocycles. The number of benzene rings is 1. The summed E-state index contributed by atoms with van der Waals surface area (Å²) in [5, 5.41) is 6.12. The van der Waals surface area contributed by atoms with Gasteiger partial charge >= 0.3 is 18.1 Å². The minimum Gasteiger partial charge on any atom is -0.471 e. The summed E-state index contributed by atoms with van der Waals surface area (Å²) in [5.41, 5.74) is 2.51. The van der Waals surface area contributed by atoms with Crippen molar-refractivity contribution in [2.45, 2.75) is 89.5 Å². The second-order valence-corrected chi connectivity index (χ2v) is 14.8. The van der Waals surface area contributed by atoms with Crippen molar-refractivity contribution in [1.29, 1.82) is 0 Å². The summed E-state index contributed by atoms with van der Waals surface area (Å²) in [7, 11) is 0.